The van der Waals surface area contributed by atoms with Gasteiger partial charge in [0.15, 0.2) is 9.84 Å². The van der Waals surface area contributed by atoms with Gasteiger partial charge in [-0.2, -0.15) is 0 Å². The predicted molar refractivity (Wildman–Crippen MR) is 49.1 cm³/mol. The first kappa shape index (κ1) is 9.06. The van der Waals surface area contributed by atoms with Crippen molar-refractivity contribution >= 4 is 15.5 Å². The molecule has 0 aliphatic heterocycles. The standard InChI is InChI=1S/C8H11NO2S/c1-9-7-3-5-8(6-4-7)12(2,10)11/h3-6,9H,1-2H3. The van der Waals surface area contributed by atoms with E-state index < -0.39 is 9.84 Å². The number of hydrogen-bond acceptors (Lipinski definition) is 3. The first-order chi connectivity index (χ1) is 5.54. The lowest BCUT2D eigenvalue weighted by molar-refractivity contribution is 0.602. The molecule has 1 aromatic carbocycles. The second-order valence-corrected chi connectivity index (χ2v) is 4.56. The lowest BCUT2D eigenvalue weighted by Gasteiger charge is -2.00. The Balaban J connectivity index is 3.09. The van der Waals surface area contributed by atoms with E-state index in [0.29, 0.717) is 4.90 Å². The summed E-state index contributed by atoms with van der Waals surface area (Å²) in [6.45, 7) is 0. The van der Waals surface area contributed by atoms with Crippen LogP contribution < -0.4 is 5.32 Å². The fraction of sp³-hybridized carbons (Fsp3) is 0.250. The summed E-state index contributed by atoms with van der Waals surface area (Å²) in [4.78, 5) is 0.349. The summed E-state index contributed by atoms with van der Waals surface area (Å²) in [6, 6.07) is 6.63. The van der Waals surface area contributed by atoms with E-state index in [4.69, 9.17) is 0 Å². The molecule has 1 aromatic rings. The van der Waals surface area contributed by atoms with Crippen LogP contribution in [0.25, 0.3) is 0 Å². The Morgan fingerprint density at radius 3 is 2.00 bits per heavy atom. The zero-order chi connectivity index (χ0) is 9.19. The molecule has 0 saturated carbocycles. The highest BCUT2D eigenvalue weighted by atomic mass is 32.2. The van der Waals surface area contributed by atoms with Gasteiger partial charge in [-0.05, 0) is 24.3 Å². The molecule has 0 aliphatic carbocycles. The lowest BCUT2D eigenvalue weighted by Crippen LogP contribution is -1.96. The molecule has 0 bridgehead atoms. The molecule has 0 amide bonds. The summed E-state index contributed by atoms with van der Waals surface area (Å²) in [5.41, 5.74) is 0.905. The van der Waals surface area contributed by atoms with Crippen molar-refractivity contribution in [1.29, 1.82) is 0 Å². The Morgan fingerprint density at radius 2 is 1.67 bits per heavy atom. The van der Waals surface area contributed by atoms with Crippen molar-refractivity contribution in [3.05, 3.63) is 24.3 Å². The maximum atomic E-state index is 11.0. The number of nitrogens with one attached hydrogen (secondary N) is 1. The highest BCUT2D eigenvalue weighted by molar-refractivity contribution is 7.90. The topological polar surface area (TPSA) is 46.2 Å². The maximum Gasteiger partial charge on any atom is 0.175 e. The second-order valence-electron chi connectivity index (χ2n) is 2.55. The average Bonchev–Trinajstić information content (AvgIpc) is 2.03. The van der Waals surface area contributed by atoms with Crippen molar-refractivity contribution < 1.29 is 8.42 Å². The third-order valence-electron chi connectivity index (χ3n) is 1.57. The molecule has 3 nitrogen and oxygen atoms in total. The zero-order valence-electron chi connectivity index (χ0n) is 7.03. The van der Waals surface area contributed by atoms with Crippen LogP contribution in [-0.4, -0.2) is 21.7 Å². The fourth-order valence-electron chi connectivity index (χ4n) is 0.869. The number of benzene rings is 1. The van der Waals surface area contributed by atoms with Gasteiger partial charge >= 0.3 is 0 Å². The van der Waals surface area contributed by atoms with E-state index in [1.54, 1.807) is 31.3 Å². The number of sulfone groups is 1. The van der Waals surface area contributed by atoms with E-state index in [-0.39, 0.29) is 0 Å². The van der Waals surface area contributed by atoms with Crippen LogP contribution in [0.2, 0.25) is 0 Å². The average molecular weight is 185 g/mol. The summed E-state index contributed by atoms with van der Waals surface area (Å²) in [6.07, 6.45) is 1.20. The van der Waals surface area contributed by atoms with Crippen LogP contribution in [-0.2, 0) is 9.84 Å². The van der Waals surface area contributed by atoms with Gasteiger partial charge in [-0.25, -0.2) is 8.42 Å². The quantitative estimate of drug-likeness (QED) is 0.751. The lowest BCUT2D eigenvalue weighted by atomic mass is 10.3. The molecule has 0 aliphatic rings. The smallest absolute Gasteiger partial charge is 0.175 e. The van der Waals surface area contributed by atoms with Crippen LogP contribution in [0.15, 0.2) is 29.2 Å². The van der Waals surface area contributed by atoms with Gasteiger partial charge in [0.2, 0.25) is 0 Å². The first-order valence-electron chi connectivity index (χ1n) is 3.52. The third kappa shape index (κ3) is 1.98. The van der Waals surface area contributed by atoms with Gasteiger partial charge in [0.25, 0.3) is 0 Å². The van der Waals surface area contributed by atoms with E-state index in [9.17, 15) is 8.42 Å². The number of rotatable bonds is 2. The summed E-state index contributed by atoms with van der Waals surface area (Å²) in [5, 5.41) is 2.91. The van der Waals surface area contributed by atoms with Gasteiger partial charge in [0.1, 0.15) is 0 Å². The second kappa shape index (κ2) is 3.15. The van der Waals surface area contributed by atoms with Crippen molar-refractivity contribution in [1.82, 2.24) is 0 Å². The zero-order valence-corrected chi connectivity index (χ0v) is 7.85. The Bertz CT molecular complexity index is 353. The summed E-state index contributed by atoms with van der Waals surface area (Å²) in [5.74, 6) is 0. The first-order valence-corrected chi connectivity index (χ1v) is 5.41. The van der Waals surface area contributed by atoms with Gasteiger partial charge in [-0.1, -0.05) is 0 Å². The molecule has 0 unspecified atom stereocenters. The molecule has 0 atom stereocenters. The molecule has 0 radical (unpaired) electrons. The van der Waals surface area contributed by atoms with Crippen molar-refractivity contribution in [3.8, 4) is 0 Å². The molecule has 0 spiro atoms. The van der Waals surface area contributed by atoms with Crippen LogP contribution in [0.5, 0.6) is 0 Å². The minimum atomic E-state index is -3.06. The molecule has 4 heteroatoms. The molecule has 12 heavy (non-hydrogen) atoms. The van der Waals surface area contributed by atoms with Crippen LogP contribution >= 0.6 is 0 Å². The van der Waals surface area contributed by atoms with E-state index >= 15 is 0 Å². The molecule has 0 fully saturated rings. The van der Waals surface area contributed by atoms with Gasteiger partial charge in [0.05, 0.1) is 4.90 Å². The Labute approximate surface area is 72.3 Å². The predicted octanol–water partition coefficient (Wildman–Crippen LogP) is 1.13. The highest BCUT2D eigenvalue weighted by Crippen LogP contribution is 2.12. The maximum absolute atomic E-state index is 11.0. The van der Waals surface area contributed by atoms with Crippen LogP contribution in [0, 0.1) is 0 Å². The Morgan fingerprint density at radius 1 is 1.17 bits per heavy atom. The minimum Gasteiger partial charge on any atom is -0.388 e. The monoisotopic (exact) mass is 185 g/mol. The molecule has 1 N–H and O–H groups in total. The number of anilines is 1. The largest absolute Gasteiger partial charge is 0.388 e. The molecule has 0 heterocycles. The van der Waals surface area contributed by atoms with Gasteiger partial charge in [-0.3, -0.25) is 0 Å². The van der Waals surface area contributed by atoms with Crippen LogP contribution in [0.1, 0.15) is 0 Å². The van der Waals surface area contributed by atoms with Crippen LogP contribution in [0.4, 0.5) is 5.69 Å². The van der Waals surface area contributed by atoms with Crippen molar-refractivity contribution in [3.63, 3.8) is 0 Å². The van der Waals surface area contributed by atoms with E-state index in [1.807, 2.05) is 0 Å². The van der Waals surface area contributed by atoms with Crippen molar-refractivity contribution in [2.24, 2.45) is 0 Å². The van der Waals surface area contributed by atoms with Gasteiger partial charge in [0, 0.05) is 19.0 Å². The summed E-state index contributed by atoms with van der Waals surface area (Å²) in [7, 11) is -1.27. The SMILES string of the molecule is CNc1ccc(S(C)(=O)=O)cc1. The molecular formula is C8H11NO2S. The Hall–Kier alpha value is -1.03. The van der Waals surface area contributed by atoms with E-state index in [0.717, 1.165) is 5.69 Å². The van der Waals surface area contributed by atoms with E-state index in [1.165, 1.54) is 6.26 Å². The molecular weight excluding hydrogens is 174 g/mol. The third-order valence-corrected chi connectivity index (χ3v) is 2.70. The fourth-order valence-corrected chi connectivity index (χ4v) is 1.50. The number of hydrogen-bond donors (Lipinski definition) is 1. The van der Waals surface area contributed by atoms with Gasteiger partial charge < -0.3 is 5.32 Å². The molecule has 1 rings (SSSR count). The van der Waals surface area contributed by atoms with Crippen LogP contribution in [0.3, 0.4) is 0 Å². The van der Waals surface area contributed by atoms with Gasteiger partial charge in [-0.15, -0.1) is 0 Å². The Kier molecular flexibility index (Phi) is 2.38. The summed E-state index contributed by atoms with van der Waals surface area (Å²) >= 11 is 0. The highest BCUT2D eigenvalue weighted by Gasteiger charge is 2.04. The van der Waals surface area contributed by atoms with Crippen molar-refractivity contribution in [2.75, 3.05) is 18.6 Å². The summed E-state index contributed by atoms with van der Waals surface area (Å²) < 4.78 is 22.0. The molecule has 66 valence electrons. The molecule has 0 aromatic heterocycles. The normalized spacial score (nSPS) is 11.2. The van der Waals surface area contributed by atoms with E-state index in [2.05, 4.69) is 5.32 Å². The van der Waals surface area contributed by atoms with Crippen molar-refractivity contribution in [2.45, 2.75) is 4.90 Å². The minimum absolute atomic E-state index is 0.349. The molecule has 0 saturated heterocycles.